The Labute approximate surface area is 207 Å². The van der Waals surface area contributed by atoms with Gasteiger partial charge >= 0.3 is 0 Å². The van der Waals surface area contributed by atoms with Crippen molar-refractivity contribution in [1.29, 1.82) is 0 Å². The lowest BCUT2D eigenvalue weighted by molar-refractivity contribution is 0.670. The highest BCUT2D eigenvalue weighted by Gasteiger charge is 2.13. The summed E-state index contributed by atoms with van der Waals surface area (Å²) in [7, 11) is 0. The molecule has 0 nitrogen and oxygen atoms in total. The molecule has 0 radical (unpaired) electrons. The van der Waals surface area contributed by atoms with Crippen LogP contribution in [0.3, 0.4) is 0 Å². The largest absolute Gasteiger partial charge is 0.140 e. The van der Waals surface area contributed by atoms with Gasteiger partial charge in [-0.2, -0.15) is 0 Å². The fourth-order valence-electron chi connectivity index (χ4n) is 3.69. The van der Waals surface area contributed by atoms with Gasteiger partial charge in [0.15, 0.2) is 0 Å². The summed E-state index contributed by atoms with van der Waals surface area (Å²) in [5.74, 6) is 0. The van der Waals surface area contributed by atoms with Crippen LogP contribution >= 0.6 is 54.5 Å². The van der Waals surface area contributed by atoms with Gasteiger partial charge in [-0.3, -0.25) is 0 Å². The first-order valence-electron chi connectivity index (χ1n) is 11.3. The van der Waals surface area contributed by atoms with Crippen molar-refractivity contribution in [3.63, 3.8) is 0 Å². The van der Waals surface area contributed by atoms with Gasteiger partial charge in [0.25, 0.3) is 0 Å². The molecule has 2 heterocycles. The van der Waals surface area contributed by atoms with Gasteiger partial charge in [0.2, 0.25) is 0 Å². The fourth-order valence-corrected chi connectivity index (χ4v) is 7.23. The number of aryl methyl sites for hydroxylation is 2. The smallest absolute Gasteiger partial charge is 0.0357 e. The first kappa shape index (κ1) is 24.2. The second kappa shape index (κ2) is 12.6. The highest BCUT2D eigenvalue weighted by molar-refractivity contribution is 9.11. The van der Waals surface area contributed by atoms with E-state index in [4.69, 9.17) is 0 Å². The summed E-state index contributed by atoms with van der Waals surface area (Å²) in [6.45, 7) is 4.54. The molecule has 0 saturated heterocycles. The summed E-state index contributed by atoms with van der Waals surface area (Å²) in [5.41, 5.74) is 2.57. The zero-order valence-electron chi connectivity index (χ0n) is 18.1. The van der Waals surface area contributed by atoms with Crippen LogP contribution in [0.2, 0.25) is 0 Å². The molecule has 3 aromatic rings. The normalized spacial score (nSPS) is 11.3. The number of unbranched alkanes of at least 4 members (excludes halogenated alkanes) is 6. The lowest BCUT2D eigenvalue weighted by atomic mass is 10.1. The zero-order chi connectivity index (χ0) is 21.3. The van der Waals surface area contributed by atoms with Crippen molar-refractivity contribution in [2.45, 2.75) is 78.1 Å². The third kappa shape index (κ3) is 6.79. The van der Waals surface area contributed by atoms with Crippen LogP contribution in [0.15, 0.2) is 45.3 Å². The van der Waals surface area contributed by atoms with Crippen molar-refractivity contribution in [3.8, 4) is 20.9 Å². The predicted molar refractivity (Wildman–Crippen MR) is 144 cm³/mol. The van der Waals surface area contributed by atoms with Crippen molar-refractivity contribution >= 4 is 54.5 Å². The Kier molecular flexibility index (Phi) is 10.2. The van der Waals surface area contributed by atoms with Crippen LogP contribution in [0.5, 0.6) is 0 Å². The van der Waals surface area contributed by atoms with Crippen molar-refractivity contribution in [1.82, 2.24) is 0 Å². The molecule has 0 bridgehead atoms. The Bertz CT molecular complexity index is 847. The molecule has 3 rings (SSSR count). The van der Waals surface area contributed by atoms with Gasteiger partial charge in [-0.15, -0.1) is 22.7 Å². The van der Waals surface area contributed by atoms with E-state index in [9.17, 15) is 0 Å². The van der Waals surface area contributed by atoms with Crippen molar-refractivity contribution in [2.75, 3.05) is 0 Å². The van der Waals surface area contributed by atoms with E-state index in [1.807, 2.05) is 22.7 Å². The number of rotatable bonds is 12. The van der Waals surface area contributed by atoms with Gasteiger partial charge in [0, 0.05) is 39.6 Å². The predicted octanol–water partition coefficient (Wildman–Crippen LogP) is 10.9. The second-order valence-electron chi connectivity index (χ2n) is 7.97. The molecule has 2 aromatic heterocycles. The molecule has 0 spiro atoms. The molecule has 0 aliphatic carbocycles. The molecule has 0 amide bonds. The average molecular weight is 568 g/mol. The highest BCUT2D eigenvalue weighted by atomic mass is 79.9. The van der Waals surface area contributed by atoms with Crippen LogP contribution in [-0.2, 0) is 12.8 Å². The van der Waals surface area contributed by atoms with Crippen molar-refractivity contribution in [2.24, 2.45) is 0 Å². The molecular formula is C26H32Br2S2. The second-order valence-corrected chi connectivity index (χ2v) is 12.0. The summed E-state index contributed by atoms with van der Waals surface area (Å²) in [5, 5.41) is 0. The monoisotopic (exact) mass is 566 g/mol. The number of hydrogen-bond donors (Lipinski definition) is 0. The topological polar surface area (TPSA) is 0 Å². The quantitative estimate of drug-likeness (QED) is 0.191. The Morgan fingerprint density at radius 2 is 1.03 bits per heavy atom. The van der Waals surface area contributed by atoms with Crippen LogP contribution in [0.1, 0.15) is 75.0 Å². The molecule has 0 atom stereocenters. The highest BCUT2D eigenvalue weighted by Crippen LogP contribution is 2.42. The summed E-state index contributed by atoms with van der Waals surface area (Å²) in [6.07, 6.45) is 13.0. The molecule has 4 heteroatoms. The van der Waals surface area contributed by atoms with Crippen LogP contribution < -0.4 is 0 Å². The zero-order valence-corrected chi connectivity index (χ0v) is 22.9. The standard InChI is InChI=1S/C26H32Br2S2/c1-3-5-7-9-11-19-13-15-25(29-19)21-17-24(28)22(18-23(21)27)26-16-14-20(30-26)12-10-8-6-4-2/h13-18H,3-12H2,1-2H3. The molecule has 0 saturated carbocycles. The molecule has 0 unspecified atom stereocenters. The van der Waals surface area contributed by atoms with E-state index in [1.165, 1.54) is 104 Å². The van der Waals surface area contributed by atoms with Gasteiger partial charge in [-0.1, -0.05) is 84.2 Å². The van der Waals surface area contributed by atoms with Gasteiger partial charge in [0.05, 0.1) is 0 Å². The van der Waals surface area contributed by atoms with E-state index < -0.39 is 0 Å². The first-order chi connectivity index (χ1) is 14.6. The van der Waals surface area contributed by atoms with E-state index in [1.54, 1.807) is 0 Å². The van der Waals surface area contributed by atoms with E-state index in [2.05, 4.69) is 82.1 Å². The molecule has 162 valence electrons. The molecule has 1 aromatic carbocycles. The summed E-state index contributed by atoms with van der Waals surface area (Å²) in [4.78, 5) is 5.70. The maximum absolute atomic E-state index is 3.85. The average Bonchev–Trinajstić information content (AvgIpc) is 3.40. The third-order valence-electron chi connectivity index (χ3n) is 5.46. The lowest BCUT2D eigenvalue weighted by Gasteiger charge is -2.08. The number of halogens is 2. The summed E-state index contributed by atoms with van der Waals surface area (Å²) in [6, 6.07) is 13.8. The third-order valence-corrected chi connectivity index (χ3v) is 9.13. The summed E-state index contributed by atoms with van der Waals surface area (Å²) < 4.78 is 2.36. The van der Waals surface area contributed by atoms with E-state index in [-0.39, 0.29) is 0 Å². The van der Waals surface area contributed by atoms with Gasteiger partial charge in [0.1, 0.15) is 0 Å². The van der Waals surface area contributed by atoms with E-state index in [0.29, 0.717) is 0 Å². The maximum Gasteiger partial charge on any atom is 0.0357 e. The fraction of sp³-hybridized carbons (Fsp3) is 0.462. The molecule has 0 N–H and O–H groups in total. The van der Waals surface area contributed by atoms with Crippen molar-refractivity contribution < 1.29 is 0 Å². The SMILES string of the molecule is CCCCCCc1ccc(-c2cc(Br)c(-c3ccc(CCCCCC)s3)cc2Br)s1. The van der Waals surface area contributed by atoms with Gasteiger partial charge < -0.3 is 0 Å². The first-order valence-corrected chi connectivity index (χ1v) is 14.5. The Morgan fingerprint density at radius 3 is 1.43 bits per heavy atom. The molecule has 0 fully saturated rings. The van der Waals surface area contributed by atoms with Crippen LogP contribution in [0.25, 0.3) is 20.9 Å². The Balaban J connectivity index is 1.70. The number of thiophene rings is 2. The minimum absolute atomic E-state index is 1.18. The van der Waals surface area contributed by atoms with Gasteiger partial charge in [-0.05, 0) is 62.1 Å². The number of hydrogen-bond acceptors (Lipinski definition) is 2. The minimum atomic E-state index is 1.18. The number of benzene rings is 1. The lowest BCUT2D eigenvalue weighted by Crippen LogP contribution is -1.82. The van der Waals surface area contributed by atoms with Crippen LogP contribution in [-0.4, -0.2) is 0 Å². The summed E-state index contributed by atoms with van der Waals surface area (Å²) >= 11 is 11.6. The van der Waals surface area contributed by atoms with Crippen LogP contribution in [0, 0.1) is 0 Å². The Morgan fingerprint density at radius 1 is 0.600 bits per heavy atom. The maximum atomic E-state index is 3.85. The van der Waals surface area contributed by atoms with Crippen LogP contribution in [0.4, 0.5) is 0 Å². The Hall–Kier alpha value is -0.420. The van der Waals surface area contributed by atoms with E-state index >= 15 is 0 Å². The molecule has 0 aliphatic rings. The minimum Gasteiger partial charge on any atom is -0.140 e. The van der Waals surface area contributed by atoms with Crippen molar-refractivity contribution in [3.05, 3.63) is 55.1 Å². The van der Waals surface area contributed by atoms with Gasteiger partial charge in [-0.25, -0.2) is 0 Å². The molecule has 0 aliphatic heterocycles. The molecular weight excluding hydrogens is 536 g/mol. The molecule has 30 heavy (non-hydrogen) atoms. The van der Waals surface area contributed by atoms with E-state index in [0.717, 1.165) is 0 Å².